The van der Waals surface area contributed by atoms with E-state index in [-0.39, 0.29) is 18.0 Å². The van der Waals surface area contributed by atoms with E-state index in [4.69, 9.17) is 9.47 Å². The molecule has 3 rings (SSSR count). The van der Waals surface area contributed by atoms with Gasteiger partial charge >= 0.3 is 5.97 Å². The number of hydrogen-bond acceptors (Lipinski definition) is 4. The van der Waals surface area contributed by atoms with E-state index in [1.165, 1.54) is 7.11 Å². The highest BCUT2D eigenvalue weighted by atomic mass is 16.5. The van der Waals surface area contributed by atoms with Gasteiger partial charge in [0.15, 0.2) is 0 Å². The monoisotopic (exact) mass is 265 g/mol. The van der Waals surface area contributed by atoms with E-state index in [1.807, 2.05) is 17.1 Å². The molecule has 3 aliphatic heterocycles. The van der Waals surface area contributed by atoms with Crippen molar-refractivity contribution in [2.45, 2.75) is 31.5 Å². The number of methoxy groups -OCH3 is 1. The van der Waals surface area contributed by atoms with Gasteiger partial charge in [-0.1, -0.05) is 25.5 Å². The van der Waals surface area contributed by atoms with E-state index in [2.05, 4.69) is 6.92 Å². The predicted molar refractivity (Wildman–Crippen MR) is 67.2 cm³/mol. The molecule has 5 heteroatoms. The van der Waals surface area contributed by atoms with Gasteiger partial charge in [0.1, 0.15) is 11.5 Å². The van der Waals surface area contributed by atoms with E-state index in [0.29, 0.717) is 6.54 Å². The Bertz CT molecular complexity index is 447. The maximum atomic E-state index is 12.5. The second-order valence-corrected chi connectivity index (χ2v) is 5.54. The zero-order chi connectivity index (χ0) is 13.6. The standard InChI is InChI=1S/C14H19NO4/c1-3-4-7-15-8-14-6-5-9(19-14)10(13(17)18-2)11(14)12(15)16/h5-6,9-11H,3-4,7-8H2,1-2H3/t9-,10-,11+,14-/m0/s1. The number of unbranched alkanes of at least 4 members (excludes halogenated alkanes) is 1. The average molecular weight is 265 g/mol. The van der Waals surface area contributed by atoms with Gasteiger partial charge < -0.3 is 14.4 Å². The van der Waals surface area contributed by atoms with Gasteiger partial charge in [-0.25, -0.2) is 0 Å². The summed E-state index contributed by atoms with van der Waals surface area (Å²) >= 11 is 0. The Morgan fingerprint density at radius 2 is 2.42 bits per heavy atom. The lowest BCUT2D eigenvalue weighted by Gasteiger charge is -2.22. The molecule has 0 aromatic heterocycles. The second kappa shape index (κ2) is 4.34. The maximum Gasteiger partial charge on any atom is 0.312 e. The van der Waals surface area contributed by atoms with Crippen molar-refractivity contribution < 1.29 is 19.1 Å². The predicted octanol–water partition coefficient (Wildman–Crippen LogP) is 0.741. The topological polar surface area (TPSA) is 55.8 Å². The fourth-order valence-corrected chi connectivity index (χ4v) is 3.52. The Labute approximate surface area is 112 Å². The Balaban J connectivity index is 1.86. The van der Waals surface area contributed by atoms with Crippen LogP contribution in [0.1, 0.15) is 19.8 Å². The summed E-state index contributed by atoms with van der Waals surface area (Å²) < 4.78 is 10.8. The van der Waals surface area contributed by atoms with Crippen LogP contribution in [0.3, 0.4) is 0 Å². The first-order valence-electron chi connectivity index (χ1n) is 6.87. The molecule has 2 bridgehead atoms. The van der Waals surface area contributed by atoms with E-state index >= 15 is 0 Å². The molecular weight excluding hydrogens is 246 g/mol. The van der Waals surface area contributed by atoms with Crippen LogP contribution in [0.2, 0.25) is 0 Å². The van der Waals surface area contributed by atoms with Crippen molar-refractivity contribution in [1.29, 1.82) is 0 Å². The van der Waals surface area contributed by atoms with Gasteiger partial charge in [0.2, 0.25) is 5.91 Å². The quantitative estimate of drug-likeness (QED) is 0.556. The van der Waals surface area contributed by atoms with Gasteiger partial charge in [0.25, 0.3) is 0 Å². The molecule has 0 unspecified atom stereocenters. The number of amides is 1. The second-order valence-electron chi connectivity index (χ2n) is 5.54. The third-order valence-electron chi connectivity index (χ3n) is 4.43. The zero-order valence-electron chi connectivity index (χ0n) is 11.3. The highest BCUT2D eigenvalue weighted by Gasteiger charge is 2.67. The molecule has 1 amide bonds. The van der Waals surface area contributed by atoms with Crippen molar-refractivity contribution in [3.8, 4) is 0 Å². The van der Waals surface area contributed by atoms with Crippen molar-refractivity contribution in [3.05, 3.63) is 12.2 Å². The van der Waals surface area contributed by atoms with Crippen LogP contribution in [0, 0.1) is 11.8 Å². The van der Waals surface area contributed by atoms with E-state index < -0.39 is 17.4 Å². The molecule has 0 N–H and O–H groups in total. The highest BCUT2D eigenvalue weighted by molar-refractivity contribution is 5.91. The number of hydrogen-bond donors (Lipinski definition) is 0. The summed E-state index contributed by atoms with van der Waals surface area (Å²) in [5, 5.41) is 0. The lowest BCUT2D eigenvalue weighted by molar-refractivity contribution is -0.151. The summed E-state index contributed by atoms with van der Waals surface area (Å²) in [6.45, 7) is 3.40. The van der Waals surface area contributed by atoms with Gasteiger partial charge in [-0.05, 0) is 6.42 Å². The number of carbonyl (C=O) groups excluding carboxylic acids is 2. The van der Waals surface area contributed by atoms with E-state index in [1.54, 1.807) is 0 Å². The summed E-state index contributed by atoms with van der Waals surface area (Å²) in [6.07, 6.45) is 5.58. The van der Waals surface area contributed by atoms with Gasteiger partial charge in [0, 0.05) is 6.54 Å². The molecule has 0 aromatic carbocycles. The number of carbonyl (C=O) groups is 2. The fraction of sp³-hybridized carbons (Fsp3) is 0.714. The van der Waals surface area contributed by atoms with Crippen molar-refractivity contribution in [2.24, 2.45) is 11.8 Å². The zero-order valence-corrected chi connectivity index (χ0v) is 11.3. The third kappa shape index (κ3) is 1.64. The summed E-state index contributed by atoms with van der Waals surface area (Å²) in [6, 6.07) is 0. The molecule has 0 saturated carbocycles. The first-order chi connectivity index (χ1) is 9.13. The first kappa shape index (κ1) is 12.7. The molecule has 19 heavy (non-hydrogen) atoms. The minimum absolute atomic E-state index is 0.0377. The van der Waals surface area contributed by atoms with Gasteiger partial charge in [-0.3, -0.25) is 9.59 Å². The van der Waals surface area contributed by atoms with Crippen LogP contribution in [-0.4, -0.2) is 48.7 Å². The molecule has 0 aliphatic carbocycles. The Morgan fingerprint density at radius 1 is 1.63 bits per heavy atom. The smallest absolute Gasteiger partial charge is 0.312 e. The molecule has 2 fully saturated rings. The van der Waals surface area contributed by atoms with Crippen LogP contribution in [0.25, 0.3) is 0 Å². The molecule has 104 valence electrons. The summed E-state index contributed by atoms with van der Waals surface area (Å²) in [7, 11) is 1.36. The van der Waals surface area contributed by atoms with Gasteiger partial charge in [-0.2, -0.15) is 0 Å². The molecule has 0 radical (unpaired) electrons. The van der Waals surface area contributed by atoms with Crippen LogP contribution in [0.15, 0.2) is 12.2 Å². The largest absolute Gasteiger partial charge is 0.469 e. The number of likely N-dealkylation sites (tertiary alicyclic amines) is 1. The summed E-state index contributed by atoms with van der Waals surface area (Å²) in [5.74, 6) is -1.18. The average Bonchev–Trinajstić information content (AvgIpc) is 3.04. The number of ether oxygens (including phenoxy) is 2. The van der Waals surface area contributed by atoms with Crippen LogP contribution >= 0.6 is 0 Å². The van der Waals surface area contributed by atoms with E-state index in [9.17, 15) is 9.59 Å². The Hall–Kier alpha value is -1.36. The molecule has 5 nitrogen and oxygen atoms in total. The number of esters is 1. The van der Waals surface area contributed by atoms with Crippen LogP contribution < -0.4 is 0 Å². The molecule has 3 heterocycles. The van der Waals surface area contributed by atoms with Crippen molar-refractivity contribution in [2.75, 3.05) is 20.2 Å². The molecular formula is C14H19NO4. The van der Waals surface area contributed by atoms with Crippen LogP contribution in [-0.2, 0) is 19.1 Å². The Kier molecular flexibility index (Phi) is 2.89. The van der Waals surface area contributed by atoms with Crippen LogP contribution in [0.4, 0.5) is 0 Å². The third-order valence-corrected chi connectivity index (χ3v) is 4.43. The fourth-order valence-electron chi connectivity index (χ4n) is 3.52. The minimum atomic E-state index is -0.589. The summed E-state index contributed by atoms with van der Waals surface area (Å²) in [5.41, 5.74) is -0.589. The number of nitrogens with zero attached hydrogens (tertiary/aromatic N) is 1. The number of rotatable bonds is 4. The lowest BCUT2D eigenvalue weighted by Crippen LogP contribution is -2.39. The van der Waals surface area contributed by atoms with Crippen LogP contribution in [0.5, 0.6) is 0 Å². The first-order valence-corrected chi connectivity index (χ1v) is 6.87. The SMILES string of the molecule is CCCCN1C[C@]23C=C[C@H](O2)[C@H](C(=O)OC)[C@@H]3C1=O. The minimum Gasteiger partial charge on any atom is -0.469 e. The molecule has 1 spiro atoms. The van der Waals surface area contributed by atoms with Crippen molar-refractivity contribution in [3.63, 3.8) is 0 Å². The molecule has 0 aromatic rings. The number of fused-ring (bicyclic) bond motifs is 1. The molecule has 4 atom stereocenters. The van der Waals surface area contributed by atoms with Crippen molar-refractivity contribution >= 4 is 11.9 Å². The van der Waals surface area contributed by atoms with Gasteiger partial charge in [0.05, 0.1) is 25.7 Å². The normalized spacial score (nSPS) is 38.9. The molecule has 3 aliphatic rings. The summed E-state index contributed by atoms with van der Waals surface area (Å²) in [4.78, 5) is 26.2. The molecule has 2 saturated heterocycles. The highest BCUT2D eigenvalue weighted by Crippen LogP contribution is 2.52. The van der Waals surface area contributed by atoms with Gasteiger partial charge in [-0.15, -0.1) is 0 Å². The lowest BCUT2D eigenvalue weighted by atomic mass is 9.77. The van der Waals surface area contributed by atoms with Crippen molar-refractivity contribution in [1.82, 2.24) is 4.90 Å². The van der Waals surface area contributed by atoms with E-state index in [0.717, 1.165) is 19.4 Å². The maximum absolute atomic E-state index is 12.5. The Morgan fingerprint density at radius 3 is 3.11 bits per heavy atom.